The number of aromatic amines is 1. The predicted molar refractivity (Wildman–Crippen MR) is 128 cm³/mol. The molecule has 0 aliphatic heterocycles. The van der Waals surface area contributed by atoms with E-state index in [1.54, 1.807) is 0 Å². The number of para-hydroxylation sites is 1. The van der Waals surface area contributed by atoms with Crippen LogP contribution in [0.2, 0.25) is 0 Å². The summed E-state index contributed by atoms with van der Waals surface area (Å²) in [7, 11) is 1.81. The maximum Gasteiger partial charge on any atom is 0.190 e. The number of halogens is 1. The van der Waals surface area contributed by atoms with Gasteiger partial charge in [-0.05, 0) is 51.3 Å². The van der Waals surface area contributed by atoms with Crippen LogP contribution in [-0.4, -0.2) is 40.9 Å². The Hall–Kier alpha value is -2.03. The Balaban J connectivity index is 0.00000280. The van der Waals surface area contributed by atoms with Crippen molar-refractivity contribution in [1.82, 2.24) is 25.4 Å². The van der Waals surface area contributed by atoms with Gasteiger partial charge in [-0.15, -0.1) is 24.0 Å². The average molecular weight is 494 g/mol. The van der Waals surface area contributed by atoms with E-state index in [0.717, 1.165) is 44.1 Å². The molecule has 0 saturated heterocycles. The lowest BCUT2D eigenvalue weighted by Crippen LogP contribution is -2.39. The number of fused-ring (bicyclic) bond motifs is 1. The Morgan fingerprint density at radius 2 is 1.89 bits per heavy atom. The smallest absolute Gasteiger partial charge is 0.190 e. The number of guanidine groups is 1. The second kappa shape index (κ2) is 10.5. The maximum atomic E-state index is 4.50. The number of hydrogen-bond acceptors (Lipinski definition) is 2. The lowest BCUT2D eigenvalue weighted by Gasteiger charge is -2.12. The van der Waals surface area contributed by atoms with Gasteiger partial charge >= 0.3 is 0 Å². The lowest BCUT2D eigenvalue weighted by atomic mass is 10.1. The minimum atomic E-state index is 0. The molecule has 0 aliphatic rings. The molecule has 0 spiro atoms. The first-order chi connectivity index (χ1) is 13.1. The Kier molecular flexibility index (Phi) is 8.35. The van der Waals surface area contributed by atoms with Gasteiger partial charge in [0.1, 0.15) is 0 Å². The molecule has 0 aliphatic carbocycles. The normalized spacial score (nSPS) is 11.5. The summed E-state index contributed by atoms with van der Waals surface area (Å²) in [4.78, 5) is 7.78. The first-order valence-electron chi connectivity index (χ1n) is 9.60. The minimum Gasteiger partial charge on any atom is -0.358 e. The van der Waals surface area contributed by atoms with E-state index in [4.69, 9.17) is 0 Å². The third-order valence-corrected chi connectivity index (χ3v) is 4.86. The number of nitrogens with one attached hydrogen (secondary N) is 3. The Morgan fingerprint density at radius 3 is 2.61 bits per heavy atom. The second-order valence-electron chi connectivity index (χ2n) is 6.95. The van der Waals surface area contributed by atoms with Crippen molar-refractivity contribution in [1.29, 1.82) is 0 Å². The predicted octanol–water partition coefficient (Wildman–Crippen LogP) is 3.71. The SMILES string of the molecule is CN=C(NCCCn1nc(C)cc1C)NCCc1c(C)[nH]c2ccccc12.I. The summed E-state index contributed by atoms with van der Waals surface area (Å²) in [5.41, 5.74) is 6.11. The van der Waals surface area contributed by atoms with Crippen LogP contribution in [0, 0.1) is 20.8 Å². The van der Waals surface area contributed by atoms with Crippen molar-refractivity contribution in [2.24, 2.45) is 4.99 Å². The Bertz CT molecular complexity index is 924. The molecular formula is C21H31IN6. The molecule has 0 atom stereocenters. The Morgan fingerprint density at radius 1 is 1.14 bits per heavy atom. The van der Waals surface area contributed by atoms with E-state index >= 15 is 0 Å². The molecule has 2 heterocycles. The van der Waals surface area contributed by atoms with Gasteiger partial charge in [-0.1, -0.05) is 18.2 Å². The highest BCUT2D eigenvalue weighted by molar-refractivity contribution is 14.0. The van der Waals surface area contributed by atoms with Gasteiger partial charge in [-0.2, -0.15) is 5.10 Å². The number of aliphatic imine (C=N–C) groups is 1. The van der Waals surface area contributed by atoms with Crippen LogP contribution in [0.1, 0.15) is 29.1 Å². The van der Waals surface area contributed by atoms with Gasteiger partial charge in [-0.25, -0.2) is 0 Å². The van der Waals surface area contributed by atoms with E-state index in [0.29, 0.717) is 0 Å². The van der Waals surface area contributed by atoms with Crippen molar-refractivity contribution in [3.05, 3.63) is 53.0 Å². The molecule has 28 heavy (non-hydrogen) atoms. The van der Waals surface area contributed by atoms with E-state index in [1.807, 2.05) is 14.0 Å². The minimum absolute atomic E-state index is 0. The largest absolute Gasteiger partial charge is 0.358 e. The molecule has 2 aromatic heterocycles. The fraction of sp³-hybridized carbons (Fsp3) is 0.429. The van der Waals surface area contributed by atoms with Crippen LogP contribution in [0.5, 0.6) is 0 Å². The van der Waals surface area contributed by atoms with Crippen LogP contribution >= 0.6 is 24.0 Å². The summed E-state index contributed by atoms with van der Waals surface area (Å²) >= 11 is 0. The number of hydrogen-bond donors (Lipinski definition) is 3. The molecular weight excluding hydrogens is 463 g/mol. The molecule has 7 heteroatoms. The standard InChI is InChI=1S/C21H30N6.HI/c1-15-14-16(2)27(26-15)13-7-11-23-21(22-4)24-12-10-18-17(3)25-20-9-6-5-8-19(18)20;/h5-6,8-9,14,25H,7,10-13H2,1-4H3,(H2,22,23,24);1H. The molecule has 0 unspecified atom stereocenters. The first kappa shape index (κ1) is 22.3. The highest BCUT2D eigenvalue weighted by Crippen LogP contribution is 2.21. The first-order valence-corrected chi connectivity index (χ1v) is 9.60. The molecule has 6 nitrogen and oxygen atoms in total. The molecule has 1 aromatic carbocycles. The fourth-order valence-corrected chi connectivity index (χ4v) is 3.52. The third-order valence-electron chi connectivity index (χ3n) is 4.86. The molecule has 0 saturated carbocycles. The highest BCUT2D eigenvalue weighted by atomic mass is 127. The zero-order valence-electron chi connectivity index (χ0n) is 17.2. The number of nitrogens with zero attached hydrogens (tertiary/aromatic N) is 3. The van der Waals surface area contributed by atoms with Crippen molar-refractivity contribution >= 4 is 40.8 Å². The number of benzene rings is 1. The quantitative estimate of drug-likeness (QED) is 0.203. The van der Waals surface area contributed by atoms with Crippen LogP contribution in [0.3, 0.4) is 0 Å². The molecule has 3 rings (SSSR count). The summed E-state index contributed by atoms with van der Waals surface area (Å²) in [6, 6.07) is 10.6. The van der Waals surface area contributed by atoms with Crippen molar-refractivity contribution in [3.63, 3.8) is 0 Å². The van der Waals surface area contributed by atoms with Gasteiger partial charge < -0.3 is 15.6 Å². The highest BCUT2D eigenvalue weighted by Gasteiger charge is 2.08. The lowest BCUT2D eigenvalue weighted by molar-refractivity contribution is 0.555. The van der Waals surface area contributed by atoms with Crippen molar-refractivity contribution in [3.8, 4) is 0 Å². The summed E-state index contributed by atoms with van der Waals surface area (Å²) in [5.74, 6) is 0.848. The molecule has 0 bridgehead atoms. The zero-order valence-corrected chi connectivity index (χ0v) is 19.5. The van der Waals surface area contributed by atoms with E-state index in [-0.39, 0.29) is 24.0 Å². The topological polar surface area (TPSA) is 70.0 Å². The van der Waals surface area contributed by atoms with Gasteiger partial charge in [0.15, 0.2) is 5.96 Å². The van der Waals surface area contributed by atoms with Crippen LogP contribution in [0.25, 0.3) is 10.9 Å². The van der Waals surface area contributed by atoms with Crippen molar-refractivity contribution in [2.75, 3.05) is 20.1 Å². The number of aromatic nitrogens is 3. The van der Waals surface area contributed by atoms with E-state index < -0.39 is 0 Å². The molecule has 3 N–H and O–H groups in total. The maximum absolute atomic E-state index is 4.50. The summed E-state index contributed by atoms with van der Waals surface area (Å²) in [6.45, 7) is 8.90. The van der Waals surface area contributed by atoms with Crippen LogP contribution in [-0.2, 0) is 13.0 Å². The molecule has 3 aromatic rings. The molecule has 0 fully saturated rings. The third kappa shape index (κ3) is 5.50. The van der Waals surface area contributed by atoms with Crippen molar-refractivity contribution in [2.45, 2.75) is 40.2 Å². The number of H-pyrrole nitrogens is 1. The van der Waals surface area contributed by atoms with Crippen LogP contribution < -0.4 is 10.6 Å². The van der Waals surface area contributed by atoms with Gasteiger partial charge in [0, 0.05) is 49.0 Å². The second-order valence-corrected chi connectivity index (χ2v) is 6.95. The van der Waals surface area contributed by atoms with Gasteiger partial charge in [0.25, 0.3) is 0 Å². The van der Waals surface area contributed by atoms with E-state index in [9.17, 15) is 0 Å². The van der Waals surface area contributed by atoms with Crippen molar-refractivity contribution < 1.29 is 0 Å². The van der Waals surface area contributed by atoms with Gasteiger partial charge in [-0.3, -0.25) is 9.67 Å². The fourth-order valence-electron chi connectivity index (χ4n) is 3.52. The van der Waals surface area contributed by atoms with E-state index in [1.165, 1.54) is 27.9 Å². The average Bonchev–Trinajstić information content (AvgIpc) is 3.15. The molecule has 0 radical (unpaired) electrons. The van der Waals surface area contributed by atoms with Gasteiger partial charge in [0.05, 0.1) is 5.69 Å². The number of rotatable bonds is 7. The monoisotopic (exact) mass is 494 g/mol. The molecule has 0 amide bonds. The van der Waals surface area contributed by atoms with E-state index in [2.05, 4.69) is 74.6 Å². The summed E-state index contributed by atoms with van der Waals surface area (Å²) in [5, 5.41) is 12.6. The van der Waals surface area contributed by atoms with Gasteiger partial charge in [0.2, 0.25) is 0 Å². The van der Waals surface area contributed by atoms with Crippen LogP contribution in [0.4, 0.5) is 0 Å². The zero-order chi connectivity index (χ0) is 19.2. The van der Waals surface area contributed by atoms with Crippen LogP contribution in [0.15, 0.2) is 35.3 Å². The summed E-state index contributed by atoms with van der Waals surface area (Å²) < 4.78 is 2.06. The Labute approximate surface area is 184 Å². The molecule has 152 valence electrons. The number of aryl methyl sites for hydroxylation is 4. The summed E-state index contributed by atoms with van der Waals surface area (Å²) in [6.07, 6.45) is 1.96.